The molecule has 2 saturated carbocycles. The molecule has 0 spiro atoms. The Kier molecular flexibility index (Phi) is 4.65. The van der Waals surface area contributed by atoms with E-state index in [1.165, 1.54) is 49.4 Å². The summed E-state index contributed by atoms with van der Waals surface area (Å²) in [5.41, 5.74) is 2.17. The lowest BCUT2D eigenvalue weighted by Crippen LogP contribution is -2.07. The number of hydrogen-bond donors (Lipinski definition) is 0. The molecule has 0 aliphatic heterocycles. The van der Waals surface area contributed by atoms with Crippen LogP contribution in [0.5, 0.6) is 0 Å². The molecular weight excluding hydrogens is 320 g/mol. The quantitative estimate of drug-likeness (QED) is 0.586. The van der Waals surface area contributed by atoms with Gasteiger partial charge in [-0.05, 0) is 47.6 Å². The average molecular weight is 342 g/mol. The number of Topliss-reactive ketones (excluding diaryl/α,β-unsaturated/α-hetero) is 1. The summed E-state index contributed by atoms with van der Waals surface area (Å²) in [7, 11) is 0. The second kappa shape index (κ2) is 7.05. The van der Waals surface area contributed by atoms with Crippen molar-refractivity contribution >= 4 is 17.5 Å². The van der Waals surface area contributed by atoms with E-state index < -0.39 is 0 Å². The smallest absolute Gasteiger partial charge is 0.210 e. The van der Waals surface area contributed by atoms with Gasteiger partial charge in [0.1, 0.15) is 0 Å². The highest BCUT2D eigenvalue weighted by atomic mass is 32.2. The highest BCUT2D eigenvalue weighted by molar-refractivity contribution is 7.99. The van der Waals surface area contributed by atoms with E-state index in [4.69, 9.17) is 0 Å². The van der Waals surface area contributed by atoms with Crippen LogP contribution in [-0.2, 0) is 0 Å². The van der Waals surface area contributed by atoms with Crippen molar-refractivity contribution in [2.75, 3.05) is 5.75 Å². The topological polar surface area (TPSA) is 60.7 Å². The molecule has 0 bridgehead atoms. The second-order valence-corrected chi connectivity index (χ2v) is 7.75. The molecule has 2 aliphatic rings. The monoisotopic (exact) mass is 342 g/mol. The first kappa shape index (κ1) is 15.8. The van der Waals surface area contributed by atoms with Gasteiger partial charge >= 0.3 is 0 Å². The number of thioether (sulfide) groups is 1. The number of carbonyl (C=O) groups is 1. The van der Waals surface area contributed by atoms with E-state index in [-0.39, 0.29) is 5.78 Å². The van der Waals surface area contributed by atoms with E-state index >= 15 is 0 Å². The lowest BCUT2D eigenvalue weighted by atomic mass is 9.84. The maximum Gasteiger partial charge on any atom is 0.210 e. The van der Waals surface area contributed by atoms with Gasteiger partial charge in [0.2, 0.25) is 5.16 Å². The largest absolute Gasteiger partial charge is 0.293 e. The van der Waals surface area contributed by atoms with Crippen molar-refractivity contribution < 1.29 is 4.79 Å². The van der Waals surface area contributed by atoms with Crippen molar-refractivity contribution in [3.63, 3.8) is 0 Å². The van der Waals surface area contributed by atoms with Crippen molar-refractivity contribution in [2.24, 2.45) is 0 Å². The third kappa shape index (κ3) is 3.53. The normalized spacial score (nSPS) is 18.7. The number of carbonyl (C=O) groups excluding carboxylic acids is 1. The van der Waals surface area contributed by atoms with Crippen LogP contribution in [0.2, 0.25) is 0 Å². The second-order valence-electron chi connectivity index (χ2n) is 6.81. The zero-order valence-corrected chi connectivity index (χ0v) is 14.5. The van der Waals surface area contributed by atoms with Crippen LogP contribution < -0.4 is 0 Å². The molecular formula is C18H22N4OS. The van der Waals surface area contributed by atoms with Crippen LogP contribution in [0, 0.1) is 0 Å². The van der Waals surface area contributed by atoms with Crippen LogP contribution in [-0.4, -0.2) is 31.7 Å². The Balaban J connectivity index is 1.36. The predicted octanol–water partition coefficient (Wildman–Crippen LogP) is 4.03. The summed E-state index contributed by atoms with van der Waals surface area (Å²) in [5, 5.41) is 12.5. The Morgan fingerprint density at radius 2 is 1.83 bits per heavy atom. The maximum absolute atomic E-state index is 12.4. The standard InChI is InChI=1S/C18H22N4OS/c23-17(12-24-18-19-20-21-22(18)16-10-11-16)15-8-6-14(7-9-15)13-4-2-1-3-5-13/h6-9,13,16H,1-5,10-12H2. The molecule has 2 aromatic rings. The van der Waals surface area contributed by atoms with E-state index in [0.717, 1.165) is 23.6 Å². The summed E-state index contributed by atoms with van der Waals surface area (Å²) >= 11 is 1.43. The molecule has 0 unspecified atom stereocenters. The van der Waals surface area contributed by atoms with Crippen LogP contribution >= 0.6 is 11.8 Å². The molecule has 1 heterocycles. The Morgan fingerprint density at radius 1 is 1.08 bits per heavy atom. The average Bonchev–Trinajstić information content (AvgIpc) is 3.38. The predicted molar refractivity (Wildman–Crippen MR) is 93.4 cm³/mol. The molecule has 0 N–H and O–H groups in total. The molecule has 2 fully saturated rings. The number of nitrogens with zero attached hydrogens (tertiary/aromatic N) is 4. The SMILES string of the molecule is O=C(CSc1nnnn1C1CC1)c1ccc(C2CCCCC2)cc1. The van der Waals surface area contributed by atoms with Crippen molar-refractivity contribution in [2.45, 2.75) is 62.1 Å². The van der Waals surface area contributed by atoms with Crippen molar-refractivity contribution in [1.29, 1.82) is 0 Å². The van der Waals surface area contributed by atoms with E-state index in [2.05, 4.69) is 27.7 Å². The molecule has 0 amide bonds. The van der Waals surface area contributed by atoms with Gasteiger partial charge < -0.3 is 0 Å². The number of hydrogen-bond acceptors (Lipinski definition) is 5. The Labute approximate surface area is 146 Å². The molecule has 1 aromatic heterocycles. The van der Waals surface area contributed by atoms with Gasteiger partial charge in [-0.1, -0.05) is 55.3 Å². The summed E-state index contributed by atoms with van der Waals surface area (Å²) in [6, 6.07) is 8.69. The fourth-order valence-electron chi connectivity index (χ4n) is 3.42. The minimum atomic E-state index is 0.139. The van der Waals surface area contributed by atoms with Crippen molar-refractivity contribution in [3.05, 3.63) is 35.4 Å². The molecule has 2 aliphatic carbocycles. The van der Waals surface area contributed by atoms with Crippen LogP contribution in [0.3, 0.4) is 0 Å². The first-order chi connectivity index (χ1) is 11.8. The Hall–Kier alpha value is -1.69. The zero-order chi connectivity index (χ0) is 16.4. The molecule has 126 valence electrons. The van der Waals surface area contributed by atoms with E-state index in [1.807, 2.05) is 16.8 Å². The molecule has 0 saturated heterocycles. The van der Waals surface area contributed by atoms with Gasteiger partial charge in [0, 0.05) is 5.56 Å². The van der Waals surface area contributed by atoms with Gasteiger partial charge in [0.05, 0.1) is 11.8 Å². The number of tetrazole rings is 1. The van der Waals surface area contributed by atoms with Crippen LogP contribution in [0.4, 0.5) is 0 Å². The lowest BCUT2D eigenvalue weighted by Gasteiger charge is -2.22. The molecule has 0 atom stereocenters. The Bertz CT molecular complexity index is 702. The highest BCUT2D eigenvalue weighted by Crippen LogP contribution is 2.36. The first-order valence-electron chi connectivity index (χ1n) is 8.85. The summed E-state index contributed by atoms with van der Waals surface area (Å²) in [6.45, 7) is 0. The summed E-state index contributed by atoms with van der Waals surface area (Å²) in [4.78, 5) is 12.4. The summed E-state index contributed by atoms with van der Waals surface area (Å²) < 4.78 is 1.85. The van der Waals surface area contributed by atoms with E-state index in [1.54, 1.807) is 0 Å². The minimum Gasteiger partial charge on any atom is -0.293 e. The van der Waals surface area contributed by atoms with Gasteiger partial charge in [-0.2, -0.15) is 0 Å². The van der Waals surface area contributed by atoms with Crippen LogP contribution in [0.25, 0.3) is 0 Å². The highest BCUT2D eigenvalue weighted by Gasteiger charge is 2.28. The molecule has 24 heavy (non-hydrogen) atoms. The third-order valence-electron chi connectivity index (χ3n) is 5.00. The molecule has 6 heteroatoms. The molecule has 5 nitrogen and oxygen atoms in total. The number of ketones is 1. The maximum atomic E-state index is 12.4. The number of aromatic nitrogens is 4. The fraction of sp³-hybridized carbons (Fsp3) is 0.556. The van der Waals surface area contributed by atoms with E-state index in [0.29, 0.717) is 17.7 Å². The van der Waals surface area contributed by atoms with Gasteiger partial charge in [0.25, 0.3) is 0 Å². The fourth-order valence-corrected chi connectivity index (χ4v) is 4.26. The van der Waals surface area contributed by atoms with Crippen LogP contribution in [0.1, 0.15) is 72.8 Å². The third-order valence-corrected chi connectivity index (χ3v) is 5.93. The van der Waals surface area contributed by atoms with Gasteiger partial charge in [-0.15, -0.1) is 5.10 Å². The molecule has 4 rings (SSSR count). The number of rotatable bonds is 6. The lowest BCUT2D eigenvalue weighted by molar-refractivity contribution is 0.102. The summed E-state index contributed by atoms with van der Waals surface area (Å²) in [5.74, 6) is 1.21. The minimum absolute atomic E-state index is 0.139. The first-order valence-corrected chi connectivity index (χ1v) is 9.83. The van der Waals surface area contributed by atoms with Gasteiger partial charge in [-0.25, -0.2) is 4.68 Å². The summed E-state index contributed by atoms with van der Waals surface area (Å²) in [6.07, 6.45) is 8.87. The molecule has 0 radical (unpaired) electrons. The number of benzene rings is 1. The van der Waals surface area contributed by atoms with E-state index in [9.17, 15) is 4.79 Å². The van der Waals surface area contributed by atoms with Gasteiger partial charge in [-0.3, -0.25) is 4.79 Å². The Morgan fingerprint density at radius 3 is 2.54 bits per heavy atom. The zero-order valence-electron chi connectivity index (χ0n) is 13.7. The van der Waals surface area contributed by atoms with Crippen molar-refractivity contribution in [3.8, 4) is 0 Å². The van der Waals surface area contributed by atoms with Gasteiger partial charge in [0.15, 0.2) is 5.78 Å². The van der Waals surface area contributed by atoms with Crippen LogP contribution in [0.15, 0.2) is 29.4 Å². The molecule has 1 aromatic carbocycles. The van der Waals surface area contributed by atoms with Crippen molar-refractivity contribution in [1.82, 2.24) is 20.2 Å².